The second-order valence-corrected chi connectivity index (χ2v) is 60.2. The number of hydrogen-bond acceptors (Lipinski definition) is 17. The van der Waals surface area contributed by atoms with Crippen molar-refractivity contribution in [3.63, 3.8) is 0 Å². The molecular formula is C127H223FN4O17. The van der Waals surface area contributed by atoms with E-state index in [9.17, 15) is 33.7 Å². The normalized spacial score (nSPS) is 12.9. The fraction of sp³-hybridized carbons (Fsp3) is 0.732. The zero-order valence-electron chi connectivity index (χ0n) is 106. The van der Waals surface area contributed by atoms with E-state index in [0.717, 1.165) is 91.2 Å². The highest BCUT2D eigenvalue weighted by atomic mass is 19.1. The van der Waals surface area contributed by atoms with Gasteiger partial charge in [-0.1, -0.05) is 377 Å². The second kappa shape index (κ2) is 61.4. The molecule has 0 spiro atoms. The Labute approximate surface area is 911 Å². The van der Waals surface area contributed by atoms with Gasteiger partial charge in [-0.25, -0.2) is 23.6 Å². The van der Waals surface area contributed by atoms with Crippen LogP contribution >= 0.6 is 0 Å². The first kappa shape index (κ1) is 144. The fourth-order valence-corrected chi connectivity index (χ4v) is 13.6. The van der Waals surface area contributed by atoms with Gasteiger partial charge in [0.15, 0.2) is 40.3 Å². The quantitative estimate of drug-likeness (QED) is 0.0143. The number of nitrogens with zero attached hydrogens (tertiary/aromatic N) is 2. The van der Waals surface area contributed by atoms with Crippen LogP contribution < -0.4 is 43.8 Å². The van der Waals surface area contributed by atoms with Crippen LogP contribution in [0.4, 0.5) is 24.5 Å². The summed E-state index contributed by atoms with van der Waals surface area (Å²) >= 11 is 0. The van der Waals surface area contributed by atoms with Gasteiger partial charge in [0.25, 0.3) is 0 Å². The summed E-state index contributed by atoms with van der Waals surface area (Å²) in [6.07, 6.45) is 5.98. The Balaban J connectivity index is -0.00000164. The minimum Gasteiger partial charge on any atom is -0.493 e. The molecule has 21 nitrogen and oxygen atoms in total. The van der Waals surface area contributed by atoms with E-state index in [1.807, 2.05) is 126 Å². The number of nitro groups is 1. The molecule has 0 heterocycles. The molecule has 0 bridgehead atoms. The number of carbonyl (C=O) groups is 4. The molecule has 22 heteroatoms. The third-order valence-corrected chi connectivity index (χ3v) is 21.6. The maximum Gasteiger partial charge on any atom is 0.409 e. The summed E-state index contributed by atoms with van der Waals surface area (Å²) < 4.78 is 74.0. The number of amides is 3. The van der Waals surface area contributed by atoms with E-state index in [4.69, 9.17) is 52.1 Å². The predicted octanol–water partition coefficient (Wildman–Crippen LogP) is 36.0. The predicted molar refractivity (Wildman–Crippen MR) is 625 cm³/mol. The Hall–Kier alpha value is -8.69. The zero-order chi connectivity index (χ0) is 117. The van der Waals surface area contributed by atoms with Gasteiger partial charge in [0.1, 0.15) is 11.3 Å². The molecule has 0 saturated heterocycles. The van der Waals surface area contributed by atoms with Gasteiger partial charge in [-0.05, 0) is 247 Å². The van der Waals surface area contributed by atoms with Crippen molar-refractivity contribution in [3.05, 3.63) is 140 Å². The average Bonchev–Trinajstić information content (AvgIpc) is 0.815. The summed E-state index contributed by atoms with van der Waals surface area (Å²) in [5.74, 6) is 4.67. The summed E-state index contributed by atoms with van der Waals surface area (Å²) in [7, 11) is 4.79. The van der Waals surface area contributed by atoms with Crippen LogP contribution in [0.15, 0.2) is 91.0 Å². The number of ether oxygens (including phenoxy) is 11. The van der Waals surface area contributed by atoms with Crippen LogP contribution in [-0.4, -0.2) is 133 Å². The van der Waals surface area contributed by atoms with Crippen LogP contribution in [0, 0.1) is 103 Å². The largest absolute Gasteiger partial charge is 0.493 e. The molecule has 3 amide bonds. The van der Waals surface area contributed by atoms with Crippen molar-refractivity contribution in [2.75, 3.05) is 93.8 Å². The van der Waals surface area contributed by atoms with Crippen LogP contribution in [0.3, 0.4) is 0 Å². The highest BCUT2D eigenvalue weighted by molar-refractivity contribution is 5.92. The van der Waals surface area contributed by atoms with Gasteiger partial charge >= 0.3 is 29.9 Å². The molecule has 2 unspecified atom stereocenters. The van der Waals surface area contributed by atoms with E-state index in [1.54, 1.807) is 43.4 Å². The van der Waals surface area contributed by atoms with Crippen LogP contribution in [0.1, 0.15) is 443 Å². The highest BCUT2D eigenvalue weighted by Crippen LogP contribution is 2.43. The van der Waals surface area contributed by atoms with Crippen molar-refractivity contribution in [3.8, 4) is 40.2 Å². The molecule has 2 atom stereocenters. The number of hydrogen-bond donors (Lipinski definition) is 2. The SMILES string of the molecule is CC(C)(C)CCCNC(=O)OCC(C)(C)C.CC(C)(C)COC(=O)NC(C)(C)CC(C)(C)C.CC(C)(C)COc1ccc(CC(C)(C)C)cc1F.CC(c1ccc(OCC(C)(C)C)c([N+](=O)[O-])c1)C(C)(C)C.CCN(CCC(C)(C)C)C(=O)OCC(C)(C)C.COC(=O)c1cc(CC(C)(C)C)ccc1OCC(C)(C)C.COc1cc(C(C)C(C)(C)C)ccc1OCC(C)(C)C.COc1cc(CC(C)(C)C)ccc1OCC(C)(C)C. The first-order valence-corrected chi connectivity index (χ1v) is 54.2. The molecule has 0 aliphatic rings. The molecule has 0 aliphatic carbocycles. The smallest absolute Gasteiger partial charge is 0.409 e. The van der Waals surface area contributed by atoms with Crippen molar-refractivity contribution in [1.29, 1.82) is 0 Å². The van der Waals surface area contributed by atoms with Crippen molar-refractivity contribution in [2.24, 2.45) is 86.6 Å². The van der Waals surface area contributed by atoms with E-state index in [2.05, 4.69) is 319 Å². The standard InChI is InChI=1S/C18H28O3.C18H30O2.C17H27NO3.C17H28O2.C16H25FO.2C14H29NO2.C13H27NO2/c1-17(2,3)11-13-8-9-15(21-12-18(4,5)6)14(10-13)16(19)20-7;1-13(18(5,6)7)14-9-10-15(16(11-14)19-8)20-12-17(2,3)4;1-12(17(5,6)7)13-8-9-15(14(10-13)18(19)20)21-11-16(2,3)4;1-16(2,3)11-13-8-9-14(15(10-13)18-7)19-12-17(4,5)6;1-15(2,3)10-12-7-8-14(13(17)9-12)18-11-16(4,5)6;1-12(2,3)9-14(7,8)15-11(16)17-10-13(4,5)6;1-8-15(10-9-13(2,3)4)12(16)17-11-14(5,6)7;1-12(2,3)8-7-9-14-11(15)16-10-13(4,5)6/h8-10H,11-12H2,1-7H3;9-11,13H,12H2,1-8H3;8-10,12H,11H2,1-7H3;8-10H,11-12H2,1-7H3;7-9H,10-11H2,1-6H3;9-10H2,1-8H3,(H,15,16);8-11H2,1-7H3;7-10H2,1-6H3,(H,14,15). The average molecular weight is 2100 g/mol. The number of nitrogens with one attached hydrogen (secondary N) is 2. The summed E-state index contributed by atoms with van der Waals surface area (Å²) in [5.41, 5.74) is 8.04. The Bertz CT molecular complexity index is 4700. The minimum absolute atomic E-state index is 0.00547. The molecule has 5 rings (SSSR count). The molecule has 149 heavy (non-hydrogen) atoms. The lowest BCUT2D eigenvalue weighted by Crippen LogP contribution is -2.46. The lowest BCUT2D eigenvalue weighted by molar-refractivity contribution is -0.386. The number of nitro benzene ring substituents is 1. The van der Waals surface area contributed by atoms with Crippen LogP contribution in [0.2, 0.25) is 0 Å². The van der Waals surface area contributed by atoms with Gasteiger partial charge in [-0.3, -0.25) is 10.1 Å². The van der Waals surface area contributed by atoms with Crippen molar-refractivity contribution in [1.82, 2.24) is 15.5 Å². The Morgan fingerprint density at radius 1 is 0.356 bits per heavy atom. The van der Waals surface area contributed by atoms with Crippen LogP contribution in [-0.2, 0) is 38.2 Å². The molecule has 0 aliphatic heterocycles. The highest BCUT2D eigenvalue weighted by Gasteiger charge is 2.33. The lowest BCUT2D eigenvalue weighted by Gasteiger charge is -2.33. The maximum atomic E-state index is 13.9. The number of carbonyl (C=O) groups excluding carboxylic acids is 4. The van der Waals surface area contributed by atoms with Gasteiger partial charge in [0.05, 0.1) is 79.1 Å². The van der Waals surface area contributed by atoms with Gasteiger partial charge in [0, 0.05) is 31.2 Å². The zero-order valence-corrected chi connectivity index (χ0v) is 106. The first-order valence-electron chi connectivity index (χ1n) is 54.2. The van der Waals surface area contributed by atoms with Crippen molar-refractivity contribution < 1.29 is 80.6 Å². The van der Waals surface area contributed by atoms with E-state index in [0.29, 0.717) is 100 Å². The van der Waals surface area contributed by atoms with Gasteiger partial charge in [0.2, 0.25) is 0 Å². The summed E-state index contributed by atoms with van der Waals surface area (Å²) in [6, 6.07) is 28.9. The summed E-state index contributed by atoms with van der Waals surface area (Å²) in [6.45, 7) is 119. The molecule has 2 N–H and O–H groups in total. The molecule has 5 aromatic carbocycles. The third kappa shape index (κ3) is 77.3. The molecular weight excluding hydrogens is 1870 g/mol. The molecule has 0 radical (unpaired) electrons. The number of benzene rings is 5. The molecule has 0 fully saturated rings. The maximum absolute atomic E-state index is 13.9. The van der Waals surface area contributed by atoms with Gasteiger partial charge in [-0.2, -0.15) is 0 Å². The third-order valence-electron chi connectivity index (χ3n) is 21.6. The number of esters is 1. The molecule has 0 saturated carbocycles. The van der Waals surface area contributed by atoms with Crippen LogP contribution in [0.5, 0.6) is 40.2 Å². The number of rotatable bonds is 30. The Kier molecular flexibility index (Phi) is 59.5. The Morgan fingerprint density at radius 2 is 0.678 bits per heavy atom. The Morgan fingerprint density at radius 3 is 1.02 bits per heavy atom. The molecule has 5 aromatic rings. The molecule has 860 valence electrons. The van der Waals surface area contributed by atoms with E-state index in [1.165, 1.54) is 18.2 Å². The van der Waals surface area contributed by atoms with Gasteiger partial charge < -0.3 is 67.6 Å². The lowest BCUT2D eigenvalue weighted by atomic mass is 9.78. The van der Waals surface area contributed by atoms with Crippen molar-refractivity contribution >= 4 is 29.9 Å². The topological polar surface area (TPSA) is 240 Å². The minimum atomic E-state index is -0.364. The second-order valence-electron chi connectivity index (χ2n) is 60.2. The van der Waals surface area contributed by atoms with E-state index < -0.39 is 0 Å². The van der Waals surface area contributed by atoms with Crippen molar-refractivity contribution in [2.45, 2.75) is 429 Å². The first-order chi connectivity index (χ1) is 66.6. The molecule has 0 aromatic heterocycles. The number of halogens is 1. The van der Waals surface area contributed by atoms with E-state index in [-0.39, 0.29) is 133 Å². The monoisotopic (exact) mass is 2100 g/mol. The number of methoxy groups -OCH3 is 3. The van der Waals surface area contributed by atoms with E-state index >= 15 is 0 Å². The summed E-state index contributed by atoms with van der Waals surface area (Å²) in [5, 5.41) is 17.0. The van der Waals surface area contributed by atoms with Gasteiger partial charge in [-0.15, -0.1) is 0 Å². The summed E-state index contributed by atoms with van der Waals surface area (Å²) in [4.78, 5) is 59.5. The van der Waals surface area contributed by atoms with Crippen LogP contribution in [0.25, 0.3) is 0 Å². The number of alkyl carbamates (subject to hydrolysis) is 2. The fourth-order valence-electron chi connectivity index (χ4n) is 13.6.